The molecule has 0 spiro atoms. The minimum Gasteiger partial charge on any atom is -0.367 e. The summed E-state index contributed by atoms with van der Waals surface area (Å²) in [6.07, 6.45) is 7.97. The maximum absolute atomic E-state index is 14.4. The van der Waals surface area contributed by atoms with Crippen molar-refractivity contribution in [3.8, 4) is 5.69 Å². The lowest BCUT2D eigenvalue weighted by atomic mass is 9.94. The van der Waals surface area contributed by atoms with E-state index in [1.165, 1.54) is 25.0 Å². The van der Waals surface area contributed by atoms with Crippen LogP contribution >= 0.6 is 0 Å². The molecule has 3 heterocycles. The van der Waals surface area contributed by atoms with E-state index in [9.17, 15) is 18.4 Å². The molecule has 2 saturated carbocycles. The second kappa shape index (κ2) is 9.47. The van der Waals surface area contributed by atoms with Gasteiger partial charge in [-0.15, -0.1) is 0 Å². The molecule has 2 aromatic carbocycles. The number of nitrogens with zero attached hydrogens (tertiary/aromatic N) is 5. The van der Waals surface area contributed by atoms with Gasteiger partial charge in [0.25, 0.3) is 11.5 Å². The van der Waals surface area contributed by atoms with Gasteiger partial charge in [0.1, 0.15) is 11.4 Å². The summed E-state index contributed by atoms with van der Waals surface area (Å²) in [5.74, 6) is -1.52. The molecule has 3 aliphatic rings. The van der Waals surface area contributed by atoms with Crippen LogP contribution in [-0.2, 0) is 5.54 Å². The Kier molecular flexibility index (Phi) is 5.97. The van der Waals surface area contributed by atoms with Gasteiger partial charge in [-0.25, -0.2) is 8.78 Å². The molecule has 41 heavy (non-hydrogen) atoms. The molecular formula is C30H31F2N7O2. The molecule has 2 bridgehead atoms. The molecular weight excluding hydrogens is 528 g/mol. The molecule has 11 heteroatoms. The van der Waals surface area contributed by atoms with E-state index < -0.39 is 28.8 Å². The highest BCUT2D eigenvalue weighted by Crippen LogP contribution is 2.53. The van der Waals surface area contributed by atoms with Crippen molar-refractivity contribution in [3.63, 3.8) is 0 Å². The highest BCUT2D eigenvalue weighted by molar-refractivity contribution is 6.08. The van der Waals surface area contributed by atoms with E-state index in [0.717, 1.165) is 66.5 Å². The van der Waals surface area contributed by atoms with E-state index in [1.54, 1.807) is 0 Å². The molecule has 0 unspecified atom stereocenters. The van der Waals surface area contributed by atoms with Crippen molar-refractivity contribution >= 4 is 28.2 Å². The molecule has 2 aliphatic carbocycles. The summed E-state index contributed by atoms with van der Waals surface area (Å²) in [5, 5.41) is 12.9. The van der Waals surface area contributed by atoms with E-state index in [1.807, 2.05) is 12.1 Å². The number of carbonyl (C=O) groups excluding carboxylic acids is 1. The van der Waals surface area contributed by atoms with Crippen molar-refractivity contribution in [1.82, 2.24) is 19.6 Å². The van der Waals surface area contributed by atoms with E-state index >= 15 is 0 Å². The monoisotopic (exact) mass is 559 g/mol. The van der Waals surface area contributed by atoms with Crippen molar-refractivity contribution < 1.29 is 13.6 Å². The normalized spacial score (nSPS) is 25.4. The largest absolute Gasteiger partial charge is 0.367 e. The van der Waals surface area contributed by atoms with Crippen LogP contribution in [-0.4, -0.2) is 44.6 Å². The zero-order valence-electron chi connectivity index (χ0n) is 22.7. The Balaban J connectivity index is 1.28. The summed E-state index contributed by atoms with van der Waals surface area (Å²) < 4.78 is 31.6. The van der Waals surface area contributed by atoms with Crippen LogP contribution in [0.1, 0.15) is 49.5 Å². The number of benzene rings is 2. The number of amides is 1. The topological polar surface area (TPSA) is 111 Å². The molecule has 0 radical (unpaired) electrons. The first-order valence-electron chi connectivity index (χ1n) is 14.1. The number of para-hydroxylation sites is 1. The number of aromatic nitrogens is 4. The first-order valence-corrected chi connectivity index (χ1v) is 14.1. The zero-order valence-corrected chi connectivity index (χ0v) is 22.7. The van der Waals surface area contributed by atoms with Crippen molar-refractivity contribution in [2.45, 2.75) is 50.6 Å². The van der Waals surface area contributed by atoms with Crippen LogP contribution in [0.4, 0.5) is 20.2 Å². The average Bonchev–Trinajstić information content (AvgIpc) is 3.74. The third-order valence-electron chi connectivity index (χ3n) is 9.27. The zero-order chi connectivity index (χ0) is 28.5. The summed E-state index contributed by atoms with van der Waals surface area (Å²) in [6, 6.07) is 9.25. The smallest absolute Gasteiger partial charge is 0.276 e. The number of nitrogens with two attached hydrogens (primary N) is 1. The highest BCUT2D eigenvalue weighted by Gasteiger charge is 2.47. The lowest BCUT2D eigenvalue weighted by Crippen LogP contribution is -2.29. The Hall–Kier alpha value is -4.12. The predicted molar refractivity (Wildman–Crippen MR) is 151 cm³/mol. The second-order valence-electron chi connectivity index (χ2n) is 11.9. The third-order valence-corrected chi connectivity index (χ3v) is 9.27. The Morgan fingerprint density at radius 1 is 1.02 bits per heavy atom. The van der Waals surface area contributed by atoms with Gasteiger partial charge in [-0.3, -0.25) is 14.3 Å². The lowest BCUT2D eigenvalue weighted by Gasteiger charge is -2.27. The second-order valence-corrected chi connectivity index (χ2v) is 11.9. The van der Waals surface area contributed by atoms with Crippen LogP contribution < -0.4 is 21.5 Å². The molecule has 212 valence electrons. The number of halogens is 2. The Labute approximate surface area is 234 Å². The van der Waals surface area contributed by atoms with Crippen molar-refractivity contribution in [2.24, 2.45) is 17.6 Å². The third kappa shape index (κ3) is 4.21. The Bertz CT molecular complexity index is 1710. The van der Waals surface area contributed by atoms with E-state index in [4.69, 9.17) is 10.8 Å². The minimum absolute atomic E-state index is 0.0197. The molecule has 1 saturated heterocycles. The van der Waals surface area contributed by atoms with Crippen LogP contribution in [0.25, 0.3) is 16.6 Å². The van der Waals surface area contributed by atoms with Gasteiger partial charge in [0, 0.05) is 36.8 Å². The molecule has 1 amide bonds. The maximum Gasteiger partial charge on any atom is 0.276 e. The van der Waals surface area contributed by atoms with Crippen LogP contribution in [0.15, 0.2) is 53.5 Å². The molecule has 3 N–H and O–H groups in total. The number of anilines is 2. The van der Waals surface area contributed by atoms with Crippen molar-refractivity contribution in [3.05, 3.63) is 76.3 Å². The standard InChI is InChI=1S/C30H31F2N7O2/c1-17-14-37(16-22(17)33)27-19-15-38(30-11-9-18(13-30)10-12-30)35-23(19)5-6-24(27)34-29(41)25-7-8-26(40)39(36-25)28-20(31)3-2-4-21(28)32/h2-8,15,17-18,22H,9-14,16,33H2,1H3,(H,34,41)/t17-,18?,22-,30?/m0/s1. The van der Waals surface area contributed by atoms with Crippen LogP contribution in [0.2, 0.25) is 0 Å². The summed E-state index contributed by atoms with van der Waals surface area (Å²) in [5.41, 5.74) is 7.12. The highest BCUT2D eigenvalue weighted by atomic mass is 19.1. The molecule has 2 atom stereocenters. The average molecular weight is 560 g/mol. The number of hydrogen-bond donors (Lipinski definition) is 2. The van der Waals surface area contributed by atoms with Gasteiger partial charge in [0.2, 0.25) is 0 Å². The van der Waals surface area contributed by atoms with Crippen LogP contribution in [0.3, 0.4) is 0 Å². The van der Waals surface area contributed by atoms with Crippen molar-refractivity contribution in [1.29, 1.82) is 0 Å². The summed E-state index contributed by atoms with van der Waals surface area (Å²) in [7, 11) is 0. The number of nitrogens with one attached hydrogen (secondary N) is 1. The minimum atomic E-state index is -0.961. The SMILES string of the molecule is C[C@H]1CN(c2c(NC(=O)c3ccc(=O)n(-c4c(F)cccc4F)n3)ccc3nn(C45CCC(CC4)C5)cc23)C[C@@H]1N. The van der Waals surface area contributed by atoms with Gasteiger partial charge >= 0.3 is 0 Å². The number of rotatable bonds is 5. The molecule has 4 aromatic rings. The van der Waals surface area contributed by atoms with Gasteiger partial charge in [0.15, 0.2) is 11.6 Å². The fraction of sp³-hybridized carbons (Fsp3) is 0.400. The Morgan fingerprint density at radius 2 is 1.78 bits per heavy atom. The van der Waals surface area contributed by atoms with E-state index in [0.29, 0.717) is 16.9 Å². The molecule has 2 aromatic heterocycles. The van der Waals surface area contributed by atoms with Gasteiger partial charge < -0.3 is 16.0 Å². The number of fused-ring (bicyclic) bond motifs is 3. The Morgan fingerprint density at radius 3 is 2.44 bits per heavy atom. The van der Waals surface area contributed by atoms with Crippen LogP contribution in [0.5, 0.6) is 0 Å². The number of hydrogen-bond acceptors (Lipinski definition) is 6. The number of carbonyl (C=O) groups is 1. The van der Waals surface area contributed by atoms with Gasteiger partial charge in [-0.1, -0.05) is 13.0 Å². The van der Waals surface area contributed by atoms with Gasteiger partial charge in [-0.05, 0) is 74.3 Å². The van der Waals surface area contributed by atoms with E-state index in [2.05, 4.69) is 33.1 Å². The first kappa shape index (κ1) is 25.8. The predicted octanol–water partition coefficient (Wildman–Crippen LogP) is 4.19. The summed E-state index contributed by atoms with van der Waals surface area (Å²) in [4.78, 5) is 28.1. The molecule has 7 rings (SSSR count). The van der Waals surface area contributed by atoms with Crippen LogP contribution in [0, 0.1) is 23.5 Å². The summed E-state index contributed by atoms with van der Waals surface area (Å²) >= 11 is 0. The fourth-order valence-electron chi connectivity index (χ4n) is 6.99. The lowest BCUT2D eigenvalue weighted by molar-refractivity contribution is 0.102. The van der Waals surface area contributed by atoms with Crippen molar-refractivity contribution in [2.75, 3.05) is 23.3 Å². The summed E-state index contributed by atoms with van der Waals surface area (Å²) in [6.45, 7) is 3.45. The van der Waals surface area contributed by atoms with E-state index in [-0.39, 0.29) is 23.2 Å². The first-order chi connectivity index (χ1) is 19.7. The van der Waals surface area contributed by atoms with Gasteiger partial charge in [-0.2, -0.15) is 14.9 Å². The quantitative estimate of drug-likeness (QED) is 0.380. The molecule has 3 fully saturated rings. The molecule has 1 aliphatic heterocycles. The maximum atomic E-state index is 14.4. The molecule has 9 nitrogen and oxygen atoms in total. The fourth-order valence-corrected chi connectivity index (χ4v) is 6.99. The van der Waals surface area contributed by atoms with Gasteiger partial charge in [0.05, 0.1) is 22.4 Å².